The molecular weight excluding hydrogens is 137 g/mol. The van der Waals surface area contributed by atoms with E-state index in [4.69, 9.17) is 13.0 Å². The van der Waals surface area contributed by atoms with E-state index in [-0.39, 0.29) is 6.61 Å². The summed E-state index contributed by atoms with van der Waals surface area (Å²) >= 11 is 0. The molecule has 0 amide bonds. The molecule has 2 radical (unpaired) electrons. The van der Waals surface area contributed by atoms with Crippen LogP contribution in [0.15, 0.2) is 29.3 Å². The van der Waals surface area contributed by atoms with Crippen LogP contribution in [0.25, 0.3) is 0 Å². The molecule has 0 fully saturated rings. The molecule has 0 aliphatic heterocycles. The number of aliphatic imine (C=N–C) groups is 1. The van der Waals surface area contributed by atoms with E-state index in [1.54, 1.807) is 19.1 Å². The number of rotatable bonds is 4. The number of aliphatic hydroxyl groups excluding tert-OH is 1. The highest BCUT2D eigenvalue weighted by Gasteiger charge is 1.91. The van der Waals surface area contributed by atoms with Crippen LogP contribution in [-0.4, -0.2) is 25.3 Å². The average molecular weight is 149 g/mol. The average Bonchev–Trinajstić information content (AvgIpc) is 2.03. The van der Waals surface area contributed by atoms with Gasteiger partial charge in [0.05, 0.1) is 0 Å². The van der Waals surface area contributed by atoms with Crippen molar-refractivity contribution in [1.29, 1.82) is 0 Å². The standard InChI is InChI=1S/C8H12BNO/c1-3-7(5-6-11)10-8(9)4-2/h3-4,11H,1,5-6H2,2H3/b8-4-,10-7?. The van der Waals surface area contributed by atoms with Gasteiger partial charge in [-0.1, -0.05) is 12.7 Å². The maximum absolute atomic E-state index is 8.56. The monoisotopic (exact) mass is 149 g/mol. The molecule has 11 heavy (non-hydrogen) atoms. The summed E-state index contributed by atoms with van der Waals surface area (Å²) in [5.74, 6) is 0. The molecular formula is C8H12BNO. The second-order valence-electron chi connectivity index (χ2n) is 1.99. The van der Waals surface area contributed by atoms with Crippen LogP contribution in [0.3, 0.4) is 0 Å². The zero-order valence-electron chi connectivity index (χ0n) is 6.75. The van der Waals surface area contributed by atoms with E-state index in [0.717, 1.165) is 0 Å². The predicted octanol–water partition coefficient (Wildman–Crippen LogP) is 1.03. The highest BCUT2D eigenvalue weighted by molar-refractivity contribution is 6.22. The highest BCUT2D eigenvalue weighted by Crippen LogP contribution is 1.94. The molecule has 3 heteroatoms. The minimum absolute atomic E-state index is 0.0713. The van der Waals surface area contributed by atoms with Crippen LogP contribution in [0.1, 0.15) is 13.3 Å². The van der Waals surface area contributed by atoms with Gasteiger partial charge in [-0.3, -0.25) is 4.99 Å². The molecule has 0 unspecified atom stereocenters. The molecule has 0 aromatic heterocycles. The Morgan fingerprint density at radius 2 is 2.36 bits per heavy atom. The third kappa shape index (κ3) is 4.56. The molecule has 1 N–H and O–H groups in total. The largest absolute Gasteiger partial charge is 0.396 e. The van der Waals surface area contributed by atoms with Crippen LogP contribution in [0, 0.1) is 0 Å². The Labute approximate surface area is 68.8 Å². The molecule has 0 aliphatic rings. The van der Waals surface area contributed by atoms with Gasteiger partial charge < -0.3 is 5.11 Å². The zero-order valence-corrected chi connectivity index (χ0v) is 6.75. The molecule has 0 aromatic rings. The fourth-order valence-corrected chi connectivity index (χ4v) is 0.549. The quantitative estimate of drug-likeness (QED) is 0.469. The number of nitrogens with zero attached hydrogens (tertiary/aromatic N) is 1. The normalized spacial score (nSPS) is 13.3. The number of hydrogen-bond donors (Lipinski definition) is 1. The van der Waals surface area contributed by atoms with Crippen molar-refractivity contribution in [3.05, 3.63) is 24.3 Å². The lowest BCUT2D eigenvalue weighted by molar-refractivity contribution is 0.307. The molecule has 2 nitrogen and oxygen atoms in total. The Morgan fingerprint density at radius 1 is 1.73 bits per heavy atom. The molecule has 0 spiro atoms. The molecule has 0 heterocycles. The number of allylic oxidation sites excluding steroid dienone is 2. The first-order valence-corrected chi connectivity index (χ1v) is 3.47. The van der Waals surface area contributed by atoms with E-state index in [1.165, 1.54) is 0 Å². The Morgan fingerprint density at radius 3 is 2.73 bits per heavy atom. The number of hydrogen-bond acceptors (Lipinski definition) is 2. The van der Waals surface area contributed by atoms with Crippen molar-refractivity contribution in [2.24, 2.45) is 4.99 Å². The second-order valence-corrected chi connectivity index (χ2v) is 1.99. The predicted molar refractivity (Wildman–Crippen MR) is 48.8 cm³/mol. The van der Waals surface area contributed by atoms with E-state index in [9.17, 15) is 0 Å². The molecule has 0 saturated carbocycles. The number of aliphatic hydroxyl groups is 1. The van der Waals surface area contributed by atoms with Gasteiger partial charge in [0.25, 0.3) is 0 Å². The van der Waals surface area contributed by atoms with Crippen molar-refractivity contribution in [3.63, 3.8) is 0 Å². The van der Waals surface area contributed by atoms with E-state index < -0.39 is 0 Å². The lowest BCUT2D eigenvalue weighted by Gasteiger charge is -1.97. The maximum Gasteiger partial charge on any atom is 0.141 e. The topological polar surface area (TPSA) is 32.6 Å². The van der Waals surface area contributed by atoms with Crippen molar-refractivity contribution in [2.45, 2.75) is 13.3 Å². The van der Waals surface area contributed by atoms with Gasteiger partial charge in [-0.25, -0.2) is 0 Å². The molecule has 0 aliphatic carbocycles. The minimum atomic E-state index is 0.0713. The van der Waals surface area contributed by atoms with Gasteiger partial charge in [0, 0.05) is 18.7 Å². The third-order valence-corrected chi connectivity index (χ3v) is 1.17. The van der Waals surface area contributed by atoms with E-state index in [2.05, 4.69) is 11.6 Å². The first kappa shape index (κ1) is 10.2. The Kier molecular flexibility index (Phi) is 5.48. The molecule has 58 valence electrons. The van der Waals surface area contributed by atoms with Crippen molar-refractivity contribution in [1.82, 2.24) is 0 Å². The molecule has 0 saturated heterocycles. The lowest BCUT2D eigenvalue weighted by Crippen LogP contribution is -1.97. The molecule has 0 aromatic carbocycles. The molecule has 0 rings (SSSR count). The highest BCUT2D eigenvalue weighted by atomic mass is 16.3. The van der Waals surface area contributed by atoms with Gasteiger partial charge in [-0.15, -0.1) is 0 Å². The van der Waals surface area contributed by atoms with Gasteiger partial charge in [-0.2, -0.15) is 0 Å². The summed E-state index contributed by atoms with van der Waals surface area (Å²) in [5, 5.41) is 8.56. The fourth-order valence-electron chi connectivity index (χ4n) is 0.549. The second kappa shape index (κ2) is 5.92. The van der Waals surface area contributed by atoms with Crippen LogP contribution in [0.2, 0.25) is 0 Å². The van der Waals surface area contributed by atoms with E-state index in [0.29, 0.717) is 17.7 Å². The Bertz CT molecular complexity index is 185. The summed E-state index contributed by atoms with van der Waals surface area (Å²) in [6, 6.07) is 0. The van der Waals surface area contributed by atoms with E-state index in [1.807, 2.05) is 0 Å². The van der Waals surface area contributed by atoms with Crippen molar-refractivity contribution < 1.29 is 5.11 Å². The van der Waals surface area contributed by atoms with Gasteiger partial charge in [0.15, 0.2) is 0 Å². The minimum Gasteiger partial charge on any atom is -0.396 e. The van der Waals surface area contributed by atoms with Crippen molar-refractivity contribution >= 4 is 13.6 Å². The van der Waals surface area contributed by atoms with Crippen LogP contribution < -0.4 is 0 Å². The molecule has 0 atom stereocenters. The van der Waals surface area contributed by atoms with Crippen LogP contribution in [0.5, 0.6) is 0 Å². The van der Waals surface area contributed by atoms with Crippen LogP contribution >= 0.6 is 0 Å². The van der Waals surface area contributed by atoms with Crippen LogP contribution in [0.4, 0.5) is 0 Å². The Balaban J connectivity index is 4.22. The van der Waals surface area contributed by atoms with Gasteiger partial charge >= 0.3 is 0 Å². The Hall–Kier alpha value is -0.825. The van der Waals surface area contributed by atoms with Gasteiger partial charge in [0.2, 0.25) is 0 Å². The zero-order chi connectivity index (χ0) is 8.69. The van der Waals surface area contributed by atoms with E-state index >= 15 is 0 Å². The summed E-state index contributed by atoms with van der Waals surface area (Å²) in [5.41, 5.74) is 1.16. The lowest BCUT2D eigenvalue weighted by atomic mass is 10.0. The summed E-state index contributed by atoms with van der Waals surface area (Å²) in [6.45, 7) is 5.42. The smallest absolute Gasteiger partial charge is 0.141 e. The van der Waals surface area contributed by atoms with Crippen molar-refractivity contribution in [3.8, 4) is 0 Å². The van der Waals surface area contributed by atoms with Gasteiger partial charge in [0.1, 0.15) is 7.85 Å². The third-order valence-electron chi connectivity index (χ3n) is 1.17. The summed E-state index contributed by atoms with van der Waals surface area (Å²) < 4.78 is 0. The first-order chi connectivity index (χ1) is 5.24. The first-order valence-electron chi connectivity index (χ1n) is 3.47. The summed E-state index contributed by atoms with van der Waals surface area (Å²) in [4.78, 5) is 3.98. The SMILES string of the molecule is [B]/C(=C/C)N=C(C=C)CCO. The van der Waals surface area contributed by atoms with Crippen molar-refractivity contribution in [2.75, 3.05) is 6.61 Å². The fraction of sp³-hybridized carbons (Fsp3) is 0.375. The van der Waals surface area contributed by atoms with Crippen LogP contribution in [-0.2, 0) is 0 Å². The maximum atomic E-state index is 8.56. The summed E-state index contributed by atoms with van der Waals surface area (Å²) in [6.07, 6.45) is 3.78. The molecule has 0 bridgehead atoms. The van der Waals surface area contributed by atoms with Gasteiger partial charge in [-0.05, 0) is 18.6 Å². The summed E-state index contributed by atoms with van der Waals surface area (Å²) in [7, 11) is 5.42.